The van der Waals surface area contributed by atoms with E-state index < -0.39 is 52.1 Å². The number of hydrogen-bond acceptors (Lipinski definition) is 4. The molecule has 28 heavy (non-hydrogen) atoms. The molecule has 5 nitrogen and oxygen atoms in total. The summed E-state index contributed by atoms with van der Waals surface area (Å²) in [7, 11) is 0. The third-order valence-electron chi connectivity index (χ3n) is 9.01. The molecule has 0 bridgehead atoms. The minimum Gasteiger partial charge on any atom is -0.479 e. The van der Waals surface area contributed by atoms with E-state index in [1.54, 1.807) is 13.8 Å². The minimum absolute atomic E-state index is 0.0768. The van der Waals surface area contributed by atoms with Crippen molar-refractivity contribution >= 4 is 5.97 Å². The zero-order valence-corrected chi connectivity index (χ0v) is 16.7. The van der Waals surface area contributed by atoms with Gasteiger partial charge in [-0.2, -0.15) is 0 Å². The van der Waals surface area contributed by atoms with Gasteiger partial charge in [-0.15, -0.1) is 0 Å². The summed E-state index contributed by atoms with van der Waals surface area (Å²) in [5.74, 6) is -2.83. The Kier molecular flexibility index (Phi) is 4.22. The van der Waals surface area contributed by atoms with Gasteiger partial charge in [-0.05, 0) is 50.9 Å². The van der Waals surface area contributed by atoms with Crippen molar-refractivity contribution in [3.8, 4) is 0 Å². The first-order chi connectivity index (χ1) is 12.9. The second-order valence-electron chi connectivity index (χ2n) is 9.93. The maximum Gasteiger partial charge on any atom is 0.335 e. The molecule has 4 aliphatic carbocycles. The molecule has 0 saturated heterocycles. The predicted octanol–water partition coefficient (Wildman–Crippen LogP) is 2.60. The van der Waals surface area contributed by atoms with Gasteiger partial charge in [0.25, 0.3) is 0 Å². The molecule has 9 atom stereocenters. The van der Waals surface area contributed by atoms with Gasteiger partial charge < -0.3 is 20.4 Å². The van der Waals surface area contributed by atoms with E-state index in [9.17, 15) is 25.2 Å². The van der Waals surface area contributed by atoms with Gasteiger partial charge in [0.2, 0.25) is 0 Å². The number of allylic oxidation sites excluding steroid dienone is 4. The number of aliphatic hydroxyl groups excluding tert-OH is 2. The molecule has 0 amide bonds. The number of aliphatic hydroxyl groups is 3. The highest BCUT2D eigenvalue weighted by atomic mass is 19.1. The molecular formula is C22H31FO5. The lowest BCUT2D eigenvalue weighted by atomic mass is 9.44. The molecule has 4 rings (SSSR count). The lowest BCUT2D eigenvalue weighted by molar-refractivity contribution is -0.241. The Bertz CT molecular complexity index is 764. The van der Waals surface area contributed by atoms with Crippen LogP contribution in [0, 0.1) is 28.6 Å². The number of halogens is 1. The molecule has 4 aliphatic rings. The molecule has 156 valence electrons. The van der Waals surface area contributed by atoms with Crippen molar-refractivity contribution in [3.05, 3.63) is 23.8 Å². The Morgan fingerprint density at radius 1 is 1.32 bits per heavy atom. The summed E-state index contributed by atoms with van der Waals surface area (Å²) in [6.45, 7) is 5.29. The van der Waals surface area contributed by atoms with Crippen LogP contribution >= 0.6 is 0 Å². The van der Waals surface area contributed by atoms with Crippen LogP contribution in [0.3, 0.4) is 0 Å². The first kappa shape index (κ1) is 20.0. The van der Waals surface area contributed by atoms with E-state index in [1.807, 2.05) is 19.1 Å². The van der Waals surface area contributed by atoms with Crippen molar-refractivity contribution < 1.29 is 29.6 Å². The molecule has 0 aromatic carbocycles. The van der Waals surface area contributed by atoms with Gasteiger partial charge >= 0.3 is 5.97 Å². The van der Waals surface area contributed by atoms with Crippen molar-refractivity contribution in [2.75, 3.05) is 0 Å². The molecule has 0 aromatic heterocycles. The van der Waals surface area contributed by atoms with Gasteiger partial charge in [-0.1, -0.05) is 37.6 Å². The van der Waals surface area contributed by atoms with E-state index in [-0.39, 0.29) is 12.3 Å². The van der Waals surface area contributed by atoms with Crippen LogP contribution in [0.25, 0.3) is 0 Å². The third-order valence-corrected chi connectivity index (χ3v) is 9.01. The molecule has 0 spiro atoms. The number of hydrogen-bond donors (Lipinski definition) is 4. The van der Waals surface area contributed by atoms with E-state index in [0.717, 1.165) is 18.4 Å². The number of aliphatic carboxylic acids is 1. The van der Waals surface area contributed by atoms with Gasteiger partial charge in [-0.3, -0.25) is 0 Å². The quantitative estimate of drug-likeness (QED) is 0.540. The van der Waals surface area contributed by atoms with Crippen LogP contribution in [0.5, 0.6) is 0 Å². The van der Waals surface area contributed by atoms with Crippen molar-refractivity contribution in [3.63, 3.8) is 0 Å². The van der Waals surface area contributed by atoms with E-state index in [0.29, 0.717) is 12.8 Å². The number of carbonyl (C=O) groups is 1. The van der Waals surface area contributed by atoms with Gasteiger partial charge in [0.15, 0.2) is 11.8 Å². The van der Waals surface area contributed by atoms with Crippen LogP contribution < -0.4 is 0 Å². The standard InChI is InChI=1S/C22H31FO5/c1-12-10-15-14-8-7-13-6-4-5-9-19(13,2)21(14,23)16(24)11-20(15,3)22(12,28)17(25)18(26)27/h5-6,9,12,14-17,24-25,28H,4,7-8,10-11H2,1-3H3,(H,26,27)/t12-,14+,15+,16+,17?,19+,20+,21+,22+/m1/s1. The molecule has 4 N–H and O–H groups in total. The molecule has 6 heteroatoms. The first-order valence-corrected chi connectivity index (χ1v) is 10.3. The topological polar surface area (TPSA) is 98.0 Å². The third kappa shape index (κ3) is 2.04. The summed E-state index contributed by atoms with van der Waals surface area (Å²) in [5, 5.41) is 42.4. The Balaban J connectivity index is 1.83. The van der Waals surface area contributed by atoms with Gasteiger partial charge in [0, 0.05) is 16.7 Å². The Hall–Kier alpha value is -1.24. The molecule has 0 aliphatic heterocycles. The summed E-state index contributed by atoms with van der Waals surface area (Å²) in [5.41, 5.74) is -4.75. The summed E-state index contributed by atoms with van der Waals surface area (Å²) in [6, 6.07) is 0. The SMILES string of the molecule is C[C@@H]1C[C@H]2[C@@H]3CCC4=CCC=C[C@]4(C)[C@@]3(F)[C@@H](O)C[C@]2(C)[C@@]1(O)C(O)C(=O)O. The lowest BCUT2D eigenvalue weighted by Crippen LogP contribution is -2.70. The van der Waals surface area contributed by atoms with E-state index in [4.69, 9.17) is 0 Å². The van der Waals surface area contributed by atoms with E-state index in [2.05, 4.69) is 6.08 Å². The second kappa shape index (κ2) is 5.89. The average molecular weight is 394 g/mol. The number of fused-ring (bicyclic) bond motifs is 5. The molecule has 0 aromatic rings. The van der Waals surface area contributed by atoms with Gasteiger partial charge in [-0.25, -0.2) is 9.18 Å². The highest BCUT2D eigenvalue weighted by Crippen LogP contribution is 2.71. The molecular weight excluding hydrogens is 363 g/mol. The van der Waals surface area contributed by atoms with Gasteiger partial charge in [0.1, 0.15) is 5.60 Å². The van der Waals surface area contributed by atoms with Crippen LogP contribution in [0.15, 0.2) is 23.8 Å². The zero-order chi connectivity index (χ0) is 20.7. The van der Waals surface area contributed by atoms with E-state index >= 15 is 4.39 Å². The Morgan fingerprint density at radius 3 is 2.64 bits per heavy atom. The van der Waals surface area contributed by atoms with Crippen molar-refractivity contribution in [2.24, 2.45) is 28.6 Å². The van der Waals surface area contributed by atoms with Gasteiger partial charge in [0.05, 0.1) is 6.10 Å². The smallest absolute Gasteiger partial charge is 0.335 e. The number of alkyl halides is 1. The van der Waals surface area contributed by atoms with Crippen LogP contribution in [0.4, 0.5) is 4.39 Å². The normalized spacial score (nSPS) is 53.6. The van der Waals surface area contributed by atoms with Crippen LogP contribution in [-0.4, -0.2) is 49.9 Å². The fourth-order valence-electron chi connectivity index (χ4n) is 7.49. The maximum atomic E-state index is 16.9. The Morgan fingerprint density at radius 2 is 2.00 bits per heavy atom. The second-order valence-corrected chi connectivity index (χ2v) is 9.93. The lowest BCUT2D eigenvalue weighted by Gasteiger charge is -2.63. The summed E-state index contributed by atoms with van der Waals surface area (Å²) >= 11 is 0. The molecule has 0 heterocycles. The van der Waals surface area contributed by atoms with Crippen molar-refractivity contribution in [1.82, 2.24) is 0 Å². The highest BCUT2D eigenvalue weighted by Gasteiger charge is 2.75. The maximum absolute atomic E-state index is 16.9. The number of carboxylic acid groups (broad SMARTS) is 1. The molecule has 0 radical (unpaired) electrons. The van der Waals surface area contributed by atoms with Crippen LogP contribution in [-0.2, 0) is 4.79 Å². The van der Waals surface area contributed by atoms with Crippen molar-refractivity contribution in [1.29, 1.82) is 0 Å². The molecule has 3 fully saturated rings. The average Bonchev–Trinajstić information content (AvgIpc) is 2.83. The number of carboxylic acids is 1. The Labute approximate surface area is 165 Å². The highest BCUT2D eigenvalue weighted by molar-refractivity contribution is 5.74. The summed E-state index contributed by atoms with van der Waals surface area (Å²) in [6.07, 6.45) is 4.96. The van der Waals surface area contributed by atoms with Crippen molar-refractivity contribution in [2.45, 2.75) is 76.4 Å². The zero-order valence-electron chi connectivity index (χ0n) is 16.7. The molecule has 1 unspecified atom stereocenters. The summed E-state index contributed by atoms with van der Waals surface area (Å²) < 4.78 is 16.9. The summed E-state index contributed by atoms with van der Waals surface area (Å²) in [4.78, 5) is 11.6. The largest absolute Gasteiger partial charge is 0.479 e. The van der Waals surface area contributed by atoms with Crippen LogP contribution in [0.1, 0.15) is 52.9 Å². The fourth-order valence-corrected chi connectivity index (χ4v) is 7.49. The predicted molar refractivity (Wildman–Crippen MR) is 101 cm³/mol. The monoisotopic (exact) mass is 394 g/mol. The number of rotatable bonds is 2. The first-order valence-electron chi connectivity index (χ1n) is 10.3. The molecule has 3 saturated carbocycles. The van der Waals surface area contributed by atoms with E-state index in [1.165, 1.54) is 0 Å². The minimum atomic E-state index is -1.97. The fraction of sp³-hybridized carbons (Fsp3) is 0.773. The van der Waals surface area contributed by atoms with Crippen LogP contribution in [0.2, 0.25) is 0 Å².